The normalized spacial score (nSPS) is 13.4. The fraction of sp³-hybridized carbons (Fsp3) is 0.438. The second-order valence-corrected chi connectivity index (χ2v) is 6.81. The van der Waals surface area contributed by atoms with Gasteiger partial charge in [0.1, 0.15) is 6.07 Å². The van der Waals surface area contributed by atoms with E-state index >= 15 is 0 Å². The number of nitrogens with one attached hydrogen (secondary N) is 1. The molecule has 1 atom stereocenters. The van der Waals surface area contributed by atoms with E-state index in [0.29, 0.717) is 5.56 Å². The molecule has 0 aromatic heterocycles. The van der Waals surface area contributed by atoms with Crippen molar-refractivity contribution in [3.05, 3.63) is 34.7 Å². The lowest BCUT2D eigenvalue weighted by Crippen LogP contribution is -2.34. The molecule has 3 N–H and O–H groups in total. The number of hydrogen-bond donors (Lipinski definition) is 3. The van der Waals surface area contributed by atoms with Crippen LogP contribution < -0.4 is 9.62 Å². The molecule has 132 valence electrons. The first-order valence-corrected chi connectivity index (χ1v) is 9.11. The first-order valence-electron chi connectivity index (χ1n) is 7.63. The van der Waals surface area contributed by atoms with Crippen LogP contribution in [0.5, 0.6) is 0 Å². The lowest BCUT2D eigenvalue weighted by molar-refractivity contribution is 0.0989. The third-order valence-electron chi connectivity index (χ3n) is 3.44. The molecule has 1 unspecified atom stereocenters. The Kier molecular flexibility index (Phi) is 7.88. The highest BCUT2D eigenvalue weighted by atomic mass is 32.2. The van der Waals surface area contributed by atoms with Gasteiger partial charge in [-0.2, -0.15) is 5.26 Å². The predicted octanol–water partition coefficient (Wildman–Crippen LogP) is 0.670. The van der Waals surface area contributed by atoms with Gasteiger partial charge in [0.25, 0.3) is 10.0 Å². The molecule has 0 amide bonds. The molecule has 0 fully saturated rings. The summed E-state index contributed by atoms with van der Waals surface area (Å²) in [6.45, 7) is 4.88. The van der Waals surface area contributed by atoms with Crippen molar-refractivity contribution in [2.24, 2.45) is 0 Å². The van der Waals surface area contributed by atoms with Gasteiger partial charge in [0.2, 0.25) is 0 Å². The van der Waals surface area contributed by atoms with Gasteiger partial charge in [0.05, 0.1) is 12.7 Å². The maximum Gasteiger partial charge on any atom is 0.250 e. The monoisotopic (exact) mass is 353 g/mol. The van der Waals surface area contributed by atoms with Gasteiger partial charge in [0, 0.05) is 25.3 Å². The van der Waals surface area contributed by atoms with Gasteiger partial charge >= 0.3 is 0 Å². The van der Waals surface area contributed by atoms with E-state index in [9.17, 15) is 13.5 Å². The number of anilines is 1. The van der Waals surface area contributed by atoms with E-state index < -0.39 is 27.6 Å². The van der Waals surface area contributed by atoms with Crippen LogP contribution in [0, 0.1) is 11.3 Å². The number of aliphatic hydroxyl groups is 2. The highest BCUT2D eigenvalue weighted by molar-refractivity contribution is 7.93. The Morgan fingerprint density at radius 2 is 1.92 bits per heavy atom. The number of sulfonamides is 1. The summed E-state index contributed by atoms with van der Waals surface area (Å²) in [5.74, 6) is 0. The Morgan fingerprint density at radius 3 is 2.38 bits per heavy atom. The zero-order valence-corrected chi connectivity index (χ0v) is 14.6. The molecule has 0 radical (unpaired) electrons. The Hall–Kier alpha value is -1.92. The molecule has 0 heterocycles. The van der Waals surface area contributed by atoms with Crippen LogP contribution in [0.15, 0.2) is 29.2 Å². The van der Waals surface area contributed by atoms with Crippen LogP contribution >= 0.6 is 0 Å². The fourth-order valence-electron chi connectivity index (χ4n) is 2.04. The van der Waals surface area contributed by atoms with E-state index in [1.54, 1.807) is 18.2 Å². The molecule has 24 heavy (non-hydrogen) atoms. The number of hydrogen-bond acceptors (Lipinski definition) is 6. The summed E-state index contributed by atoms with van der Waals surface area (Å²) in [6, 6.07) is 8.86. The molecular weight excluding hydrogens is 330 g/mol. The molecule has 1 aromatic carbocycles. The average molecular weight is 353 g/mol. The van der Waals surface area contributed by atoms with Gasteiger partial charge in [0.15, 0.2) is 4.91 Å². The fourth-order valence-corrected chi connectivity index (χ4v) is 3.02. The number of rotatable bonds is 9. The van der Waals surface area contributed by atoms with E-state index in [1.807, 2.05) is 26.0 Å². The van der Waals surface area contributed by atoms with E-state index in [2.05, 4.69) is 9.62 Å². The van der Waals surface area contributed by atoms with Crippen LogP contribution in [0.3, 0.4) is 0 Å². The van der Waals surface area contributed by atoms with E-state index in [0.717, 1.165) is 18.8 Å². The van der Waals surface area contributed by atoms with Crippen molar-refractivity contribution in [1.29, 1.82) is 5.26 Å². The topological polar surface area (TPSA) is 114 Å². The average Bonchev–Trinajstić information content (AvgIpc) is 2.59. The number of allylic oxidation sites excluding steroid dienone is 1. The van der Waals surface area contributed by atoms with Crippen LogP contribution in [-0.4, -0.2) is 51.0 Å². The number of benzene rings is 1. The smallest absolute Gasteiger partial charge is 0.250 e. The summed E-state index contributed by atoms with van der Waals surface area (Å²) in [6.07, 6.45) is 0.0488. The Balaban J connectivity index is 2.98. The van der Waals surface area contributed by atoms with Crippen LogP contribution in [0.2, 0.25) is 0 Å². The zero-order valence-electron chi connectivity index (χ0n) is 13.8. The van der Waals surface area contributed by atoms with Crippen LogP contribution in [0.1, 0.15) is 19.4 Å². The summed E-state index contributed by atoms with van der Waals surface area (Å²) in [5, 5.41) is 27.0. The standard InChI is InChI=1S/C16H23N3O4S/c1-3-19(4-2)14-7-5-13(6-8-14)9-16(10-17)24(22,23)18-11-15(21)12-20/h5-9,15,18,20-21H,3-4,11-12H2,1-2H3. The molecule has 7 nitrogen and oxygen atoms in total. The SMILES string of the molecule is CCN(CC)c1ccc(C=C(C#N)S(=O)(=O)NCC(O)CO)cc1. The van der Waals surface area contributed by atoms with Crippen LogP contribution in [-0.2, 0) is 10.0 Å². The summed E-state index contributed by atoms with van der Waals surface area (Å²) >= 11 is 0. The maximum absolute atomic E-state index is 12.1. The van der Waals surface area contributed by atoms with E-state index in [1.165, 1.54) is 6.08 Å². The zero-order chi connectivity index (χ0) is 18.2. The number of aliphatic hydroxyl groups excluding tert-OH is 2. The number of nitrogens with zero attached hydrogens (tertiary/aromatic N) is 2. The van der Waals surface area contributed by atoms with E-state index in [4.69, 9.17) is 10.4 Å². The molecule has 0 aliphatic heterocycles. The molecule has 0 aliphatic rings. The Labute approximate surface area is 142 Å². The first kappa shape index (κ1) is 20.1. The van der Waals surface area contributed by atoms with Crippen molar-refractivity contribution in [1.82, 2.24) is 4.72 Å². The lowest BCUT2D eigenvalue weighted by atomic mass is 10.2. The minimum atomic E-state index is -4.04. The molecular formula is C16H23N3O4S. The van der Waals surface area contributed by atoms with Crippen molar-refractivity contribution in [3.8, 4) is 6.07 Å². The van der Waals surface area contributed by atoms with Crippen molar-refractivity contribution in [3.63, 3.8) is 0 Å². The molecule has 0 spiro atoms. The molecule has 1 rings (SSSR count). The number of nitriles is 1. The van der Waals surface area contributed by atoms with Gasteiger partial charge in [-0.15, -0.1) is 0 Å². The molecule has 0 saturated heterocycles. The molecule has 0 saturated carbocycles. The minimum absolute atomic E-state index is 0.362. The van der Waals surface area contributed by atoms with Gasteiger partial charge in [-0.05, 0) is 37.6 Å². The lowest BCUT2D eigenvalue weighted by Gasteiger charge is -2.20. The quantitative estimate of drug-likeness (QED) is 0.562. The second-order valence-electron chi connectivity index (χ2n) is 5.07. The molecule has 8 heteroatoms. The highest BCUT2D eigenvalue weighted by Crippen LogP contribution is 2.17. The first-order chi connectivity index (χ1) is 11.4. The Bertz CT molecular complexity index is 689. The third-order valence-corrected chi connectivity index (χ3v) is 4.77. The summed E-state index contributed by atoms with van der Waals surface area (Å²) < 4.78 is 26.2. The third kappa shape index (κ3) is 5.62. The van der Waals surface area contributed by atoms with Crippen molar-refractivity contribution >= 4 is 21.8 Å². The molecule has 0 aliphatic carbocycles. The highest BCUT2D eigenvalue weighted by Gasteiger charge is 2.18. The summed E-state index contributed by atoms with van der Waals surface area (Å²) in [5.41, 5.74) is 1.60. The second kappa shape index (κ2) is 9.39. The van der Waals surface area contributed by atoms with Gasteiger partial charge in [-0.1, -0.05) is 12.1 Å². The van der Waals surface area contributed by atoms with Gasteiger partial charge in [-0.3, -0.25) is 0 Å². The maximum atomic E-state index is 12.1. The summed E-state index contributed by atoms with van der Waals surface area (Å²) in [4.78, 5) is 1.69. The Morgan fingerprint density at radius 1 is 1.33 bits per heavy atom. The van der Waals surface area contributed by atoms with Gasteiger partial charge in [-0.25, -0.2) is 13.1 Å². The van der Waals surface area contributed by atoms with Crippen molar-refractivity contribution in [2.75, 3.05) is 31.1 Å². The van der Waals surface area contributed by atoms with Crippen LogP contribution in [0.4, 0.5) is 5.69 Å². The molecule has 1 aromatic rings. The van der Waals surface area contributed by atoms with E-state index in [-0.39, 0.29) is 6.54 Å². The predicted molar refractivity (Wildman–Crippen MR) is 93.6 cm³/mol. The van der Waals surface area contributed by atoms with Crippen LogP contribution in [0.25, 0.3) is 6.08 Å². The minimum Gasteiger partial charge on any atom is -0.394 e. The van der Waals surface area contributed by atoms with Crippen molar-refractivity contribution < 1.29 is 18.6 Å². The largest absolute Gasteiger partial charge is 0.394 e. The molecule has 0 bridgehead atoms. The van der Waals surface area contributed by atoms with Gasteiger partial charge < -0.3 is 15.1 Å². The van der Waals surface area contributed by atoms with Crippen molar-refractivity contribution in [2.45, 2.75) is 20.0 Å². The summed E-state index contributed by atoms with van der Waals surface area (Å²) in [7, 11) is -4.04.